The van der Waals surface area contributed by atoms with E-state index in [2.05, 4.69) is 15.5 Å². The minimum absolute atomic E-state index is 0.0533. The largest absolute Gasteiger partial charge is 0.391 e. The smallest absolute Gasteiger partial charge is 0.280 e. The number of nitrogens with one attached hydrogen (secondary N) is 2. The molecule has 1 aromatic carbocycles. The molecule has 1 aliphatic heterocycles. The number of aromatic nitrogens is 2. The number of aromatic amines is 1. The maximum absolute atomic E-state index is 13.4. The zero-order chi connectivity index (χ0) is 24.4. The van der Waals surface area contributed by atoms with Crippen molar-refractivity contribution in [2.45, 2.75) is 51.8 Å². The second-order valence-corrected chi connectivity index (χ2v) is 9.77. The third kappa shape index (κ3) is 4.97. The zero-order valence-corrected chi connectivity index (χ0v) is 20.1. The fraction of sp³-hybridized carbons (Fsp3) is 0.417. The summed E-state index contributed by atoms with van der Waals surface area (Å²) < 4.78 is 5.19. The van der Waals surface area contributed by atoms with Gasteiger partial charge >= 0.3 is 0 Å². The average Bonchev–Trinajstić information content (AvgIpc) is 3.52. The van der Waals surface area contributed by atoms with Crippen molar-refractivity contribution < 1.29 is 19.2 Å². The molecule has 4 rings (SSSR count). The maximum Gasteiger partial charge on any atom is 0.280 e. The molecule has 3 atom stereocenters. The Morgan fingerprint density at radius 3 is 2.65 bits per heavy atom. The summed E-state index contributed by atoms with van der Waals surface area (Å²) in [7, 11) is 0. The molecule has 9 nitrogen and oxygen atoms in total. The molecular formula is C24H28N4O5S. The van der Waals surface area contributed by atoms with Crippen LogP contribution in [0.3, 0.4) is 0 Å². The lowest BCUT2D eigenvalue weighted by Crippen LogP contribution is -2.48. The summed E-state index contributed by atoms with van der Waals surface area (Å²) in [6.45, 7) is 6.01. The van der Waals surface area contributed by atoms with Crippen LogP contribution < -0.4 is 10.9 Å². The van der Waals surface area contributed by atoms with Crippen molar-refractivity contribution in [1.82, 2.24) is 20.4 Å². The van der Waals surface area contributed by atoms with Crippen LogP contribution in [0.15, 0.2) is 45.2 Å². The molecule has 2 aromatic heterocycles. The lowest BCUT2D eigenvalue weighted by molar-refractivity contribution is -0.141. The van der Waals surface area contributed by atoms with Crippen LogP contribution in [0, 0.1) is 12.8 Å². The van der Waals surface area contributed by atoms with Crippen LogP contribution in [-0.2, 0) is 16.1 Å². The highest BCUT2D eigenvalue weighted by atomic mass is 32.1. The molecule has 3 heterocycles. The normalized spacial score (nSPS) is 18.9. The number of β-amino-alcohol motifs (C(OH)–C–C–N with tert-alkyl or cyclic N) is 1. The number of thiazole rings is 1. The van der Waals surface area contributed by atoms with E-state index in [0.29, 0.717) is 6.54 Å². The zero-order valence-electron chi connectivity index (χ0n) is 19.3. The molecule has 2 amide bonds. The number of aliphatic hydroxyl groups is 1. The molecule has 1 saturated heterocycles. The second-order valence-electron chi connectivity index (χ2n) is 8.91. The van der Waals surface area contributed by atoms with Crippen LogP contribution in [0.4, 0.5) is 0 Å². The average molecular weight is 485 g/mol. The van der Waals surface area contributed by atoms with E-state index in [4.69, 9.17) is 4.52 Å². The first-order valence-corrected chi connectivity index (χ1v) is 12.1. The van der Waals surface area contributed by atoms with Gasteiger partial charge < -0.3 is 19.8 Å². The minimum Gasteiger partial charge on any atom is -0.391 e. The second kappa shape index (κ2) is 9.94. The Bertz CT molecular complexity index is 1210. The number of carbonyl (C=O) groups is 2. The Hall–Kier alpha value is -3.24. The molecule has 1 aliphatic rings. The third-order valence-corrected chi connectivity index (χ3v) is 7.05. The summed E-state index contributed by atoms with van der Waals surface area (Å²) in [6, 6.07) is 8.34. The minimum atomic E-state index is -0.798. The van der Waals surface area contributed by atoms with Gasteiger partial charge in [-0.05, 0) is 24.0 Å². The SMILES string of the molecule is Cc1ncsc1-c1ccc(CNC(=O)C2C[C@@H](O)CN2C(=O)C(c2cc(=O)[nH]o2)C(C)C)cc1. The fourth-order valence-electron chi connectivity index (χ4n) is 4.33. The van der Waals surface area contributed by atoms with Crippen molar-refractivity contribution in [2.75, 3.05) is 6.54 Å². The van der Waals surface area contributed by atoms with Crippen LogP contribution in [0.2, 0.25) is 0 Å². The quantitative estimate of drug-likeness (QED) is 0.472. The van der Waals surface area contributed by atoms with E-state index in [0.717, 1.165) is 21.7 Å². The highest BCUT2D eigenvalue weighted by Gasteiger charge is 2.43. The van der Waals surface area contributed by atoms with Gasteiger partial charge in [-0.15, -0.1) is 11.3 Å². The summed E-state index contributed by atoms with van der Waals surface area (Å²) in [6.07, 6.45) is -0.643. The summed E-state index contributed by atoms with van der Waals surface area (Å²) in [5.41, 5.74) is 4.36. The third-order valence-electron chi connectivity index (χ3n) is 6.08. The number of hydrogen-bond acceptors (Lipinski definition) is 7. The van der Waals surface area contributed by atoms with Crippen molar-refractivity contribution >= 4 is 23.2 Å². The Morgan fingerprint density at radius 2 is 2.06 bits per heavy atom. The molecular weight excluding hydrogens is 456 g/mol. The van der Waals surface area contributed by atoms with Crippen LogP contribution in [0.5, 0.6) is 0 Å². The lowest BCUT2D eigenvalue weighted by atomic mass is 9.91. The van der Waals surface area contributed by atoms with Gasteiger partial charge in [0.15, 0.2) is 5.76 Å². The van der Waals surface area contributed by atoms with Crippen LogP contribution >= 0.6 is 11.3 Å². The number of aryl methyl sites for hydroxylation is 1. The van der Waals surface area contributed by atoms with Crippen molar-refractivity contribution in [3.63, 3.8) is 0 Å². The van der Waals surface area contributed by atoms with E-state index in [1.165, 1.54) is 11.0 Å². The number of amides is 2. The van der Waals surface area contributed by atoms with Gasteiger partial charge in [-0.1, -0.05) is 38.1 Å². The van der Waals surface area contributed by atoms with Crippen molar-refractivity contribution in [3.8, 4) is 10.4 Å². The number of likely N-dealkylation sites (tertiary alicyclic amines) is 1. The van der Waals surface area contributed by atoms with Gasteiger partial charge in [0.05, 0.1) is 22.2 Å². The Balaban J connectivity index is 1.44. The van der Waals surface area contributed by atoms with E-state index < -0.39 is 23.6 Å². The Morgan fingerprint density at radius 1 is 1.32 bits per heavy atom. The molecule has 34 heavy (non-hydrogen) atoms. The number of H-pyrrole nitrogens is 1. The summed E-state index contributed by atoms with van der Waals surface area (Å²) >= 11 is 1.58. The van der Waals surface area contributed by atoms with Gasteiger partial charge in [0.1, 0.15) is 12.0 Å². The Kier molecular flexibility index (Phi) is 6.99. The van der Waals surface area contributed by atoms with Gasteiger partial charge in [-0.25, -0.2) is 4.98 Å². The van der Waals surface area contributed by atoms with Gasteiger partial charge in [-0.3, -0.25) is 14.4 Å². The van der Waals surface area contributed by atoms with Gasteiger partial charge in [0, 0.05) is 25.6 Å². The summed E-state index contributed by atoms with van der Waals surface area (Å²) in [5, 5.41) is 15.3. The number of nitrogens with zero attached hydrogens (tertiary/aromatic N) is 2. The van der Waals surface area contributed by atoms with Crippen molar-refractivity contribution in [1.29, 1.82) is 0 Å². The van der Waals surface area contributed by atoms with Gasteiger partial charge in [0.25, 0.3) is 5.56 Å². The van der Waals surface area contributed by atoms with Crippen LogP contribution in [-0.4, -0.2) is 50.7 Å². The molecule has 0 aliphatic carbocycles. The first kappa shape index (κ1) is 23.9. The molecule has 3 N–H and O–H groups in total. The molecule has 1 fully saturated rings. The first-order chi connectivity index (χ1) is 16.2. The van der Waals surface area contributed by atoms with E-state index in [9.17, 15) is 19.5 Å². The molecule has 180 valence electrons. The standard InChI is InChI=1S/C24H28N4O5S/c1-13(2)21(19-9-20(30)27-33-19)24(32)28-11-17(29)8-18(28)23(31)25-10-15-4-6-16(7-5-15)22-14(3)26-12-34-22/h4-7,9,12-13,17-18,21,29H,8,10-11H2,1-3H3,(H,25,31)(H,27,30)/t17-,18?,21?/m1/s1. The molecule has 3 aromatic rings. The molecule has 10 heteroatoms. The predicted molar refractivity (Wildman–Crippen MR) is 127 cm³/mol. The van der Waals surface area contributed by atoms with Crippen molar-refractivity contribution in [3.05, 3.63) is 63.2 Å². The fourth-order valence-corrected chi connectivity index (χ4v) is 5.14. The summed E-state index contributed by atoms with van der Waals surface area (Å²) in [4.78, 5) is 44.7. The van der Waals surface area contributed by atoms with Crippen LogP contribution in [0.25, 0.3) is 10.4 Å². The monoisotopic (exact) mass is 484 g/mol. The van der Waals surface area contributed by atoms with E-state index >= 15 is 0 Å². The first-order valence-electron chi connectivity index (χ1n) is 11.2. The van der Waals surface area contributed by atoms with E-state index in [1.54, 1.807) is 11.3 Å². The molecule has 0 radical (unpaired) electrons. The number of benzene rings is 1. The molecule has 0 bridgehead atoms. The van der Waals surface area contributed by atoms with Crippen LogP contribution in [0.1, 0.15) is 43.2 Å². The van der Waals surface area contributed by atoms with E-state index in [1.807, 2.05) is 50.5 Å². The molecule has 0 spiro atoms. The topological polar surface area (TPSA) is 129 Å². The number of carbonyl (C=O) groups excluding carboxylic acids is 2. The molecule has 0 saturated carbocycles. The number of aliphatic hydroxyl groups excluding tert-OH is 1. The van der Waals surface area contributed by atoms with E-state index in [-0.39, 0.29) is 36.5 Å². The number of hydrogen-bond donors (Lipinski definition) is 3. The predicted octanol–water partition coefficient (Wildman–Crippen LogP) is 2.42. The Labute approximate surface area is 200 Å². The highest BCUT2D eigenvalue weighted by Crippen LogP contribution is 2.30. The van der Waals surface area contributed by atoms with Gasteiger partial charge in [-0.2, -0.15) is 5.16 Å². The summed E-state index contributed by atoms with van der Waals surface area (Å²) in [5.74, 6) is -1.36. The maximum atomic E-state index is 13.4. The molecule has 2 unspecified atom stereocenters. The number of rotatable bonds is 7. The van der Waals surface area contributed by atoms with Crippen molar-refractivity contribution in [2.24, 2.45) is 5.92 Å². The highest BCUT2D eigenvalue weighted by molar-refractivity contribution is 7.13. The lowest BCUT2D eigenvalue weighted by Gasteiger charge is -2.28. The van der Waals surface area contributed by atoms with Gasteiger partial charge in [0.2, 0.25) is 11.8 Å².